The van der Waals surface area contributed by atoms with Gasteiger partial charge < -0.3 is 4.90 Å². The first-order chi connectivity index (χ1) is 28.3. The highest BCUT2D eigenvalue weighted by molar-refractivity contribution is 7.26. The molecule has 0 amide bonds. The van der Waals surface area contributed by atoms with Gasteiger partial charge in [0.2, 0.25) is 0 Å². The Kier molecular flexibility index (Phi) is 8.28. The first-order valence-corrected chi connectivity index (χ1v) is 21.0. The third-order valence-electron chi connectivity index (χ3n) is 11.1. The lowest BCUT2D eigenvalue weighted by Crippen LogP contribution is -2.10. The zero-order valence-corrected chi connectivity index (χ0v) is 32.6. The molecule has 3 heteroatoms. The smallest absolute Gasteiger partial charge is 0.0640 e. The fraction of sp³-hybridized carbons (Fsp3) is 0. The minimum atomic E-state index is 1.12. The summed E-state index contributed by atoms with van der Waals surface area (Å²) in [7, 11) is 0. The minimum absolute atomic E-state index is 1.12. The Morgan fingerprint density at radius 2 is 0.719 bits per heavy atom. The number of hydrogen-bond acceptors (Lipinski definition) is 3. The number of thiophene rings is 2. The van der Waals surface area contributed by atoms with E-state index in [-0.39, 0.29) is 0 Å². The predicted molar refractivity (Wildman–Crippen MR) is 249 cm³/mol. The Bertz CT molecular complexity index is 3200. The summed E-state index contributed by atoms with van der Waals surface area (Å²) >= 11 is 3.74. The van der Waals surface area contributed by atoms with Gasteiger partial charge >= 0.3 is 0 Å². The van der Waals surface area contributed by atoms with Gasteiger partial charge in [0.05, 0.1) is 10.4 Å². The van der Waals surface area contributed by atoms with Gasteiger partial charge in [0.15, 0.2) is 0 Å². The van der Waals surface area contributed by atoms with Crippen LogP contribution in [0.3, 0.4) is 0 Å². The average Bonchev–Trinajstić information content (AvgIpc) is 3.87. The van der Waals surface area contributed by atoms with Gasteiger partial charge in [-0.15, -0.1) is 22.7 Å². The maximum atomic E-state index is 2.44. The van der Waals surface area contributed by atoms with Crippen LogP contribution in [0.15, 0.2) is 212 Å². The zero-order chi connectivity index (χ0) is 37.7. The molecule has 11 rings (SSSR count). The van der Waals surface area contributed by atoms with Gasteiger partial charge in [-0.1, -0.05) is 164 Å². The molecule has 0 aliphatic rings. The lowest BCUT2D eigenvalue weighted by atomic mass is 9.97. The summed E-state index contributed by atoms with van der Waals surface area (Å²) in [6.45, 7) is 0. The van der Waals surface area contributed by atoms with Crippen LogP contribution in [-0.4, -0.2) is 0 Å². The lowest BCUT2D eigenvalue weighted by Gasteiger charge is -2.27. The van der Waals surface area contributed by atoms with Crippen LogP contribution >= 0.6 is 22.7 Å². The second-order valence-corrected chi connectivity index (χ2v) is 16.6. The summed E-state index contributed by atoms with van der Waals surface area (Å²) < 4.78 is 5.21. The highest BCUT2D eigenvalue weighted by atomic mass is 32.1. The van der Waals surface area contributed by atoms with E-state index in [0.717, 1.165) is 11.4 Å². The highest BCUT2D eigenvalue weighted by Gasteiger charge is 2.21. The second kappa shape index (κ2) is 14.1. The normalized spacial score (nSPS) is 11.5. The van der Waals surface area contributed by atoms with Crippen LogP contribution in [-0.2, 0) is 0 Å². The van der Waals surface area contributed by atoms with Crippen LogP contribution < -0.4 is 4.90 Å². The van der Waals surface area contributed by atoms with Gasteiger partial charge in [-0.25, -0.2) is 0 Å². The van der Waals surface area contributed by atoms with Gasteiger partial charge in [0.1, 0.15) is 0 Å². The number of rotatable bonds is 7. The van der Waals surface area contributed by atoms with Crippen LogP contribution in [0.25, 0.3) is 84.9 Å². The van der Waals surface area contributed by atoms with Crippen molar-refractivity contribution in [2.75, 3.05) is 4.90 Å². The molecule has 2 heterocycles. The second-order valence-electron chi connectivity index (χ2n) is 14.5. The quantitative estimate of drug-likeness (QED) is 0.156. The number of fused-ring (bicyclic) bond motifs is 6. The molecule has 0 fully saturated rings. The van der Waals surface area contributed by atoms with Crippen LogP contribution in [0.2, 0.25) is 0 Å². The standard InChI is InChI=1S/C54H35NS2/c1-3-12-36(13-4-1)37-22-24-38(25-23-37)39-26-30-42(31-27-39)55(43-32-28-41(29-33-43)44-18-11-21-51-52(44)46-16-7-9-19-49(46)56-51)48-35-34-45(40-14-5-2-6-15-40)53-47-17-8-10-20-50(47)57-54(48)53/h1-35H. The molecule has 0 saturated carbocycles. The summed E-state index contributed by atoms with van der Waals surface area (Å²) in [6, 6.07) is 77.5. The van der Waals surface area contributed by atoms with E-state index in [1.165, 1.54) is 90.5 Å². The largest absolute Gasteiger partial charge is 0.309 e. The molecule has 0 aliphatic carbocycles. The Morgan fingerprint density at radius 3 is 1.35 bits per heavy atom. The molecule has 268 valence electrons. The summed E-state index contributed by atoms with van der Waals surface area (Å²) in [5.41, 5.74) is 13.2. The third-order valence-corrected chi connectivity index (χ3v) is 13.5. The molecule has 0 unspecified atom stereocenters. The average molecular weight is 762 g/mol. The van der Waals surface area contributed by atoms with Crippen molar-refractivity contribution in [3.63, 3.8) is 0 Å². The fourth-order valence-corrected chi connectivity index (χ4v) is 10.7. The van der Waals surface area contributed by atoms with Crippen molar-refractivity contribution in [2.24, 2.45) is 0 Å². The molecule has 1 nitrogen and oxygen atoms in total. The Hall–Kier alpha value is -6.78. The van der Waals surface area contributed by atoms with E-state index < -0.39 is 0 Å². The van der Waals surface area contributed by atoms with Gasteiger partial charge in [0, 0.05) is 47.0 Å². The van der Waals surface area contributed by atoms with Crippen molar-refractivity contribution >= 4 is 80.1 Å². The van der Waals surface area contributed by atoms with Crippen LogP contribution in [0.1, 0.15) is 0 Å². The van der Waals surface area contributed by atoms with Crippen molar-refractivity contribution in [1.29, 1.82) is 0 Å². The van der Waals surface area contributed by atoms with Crippen LogP contribution in [0.4, 0.5) is 17.1 Å². The van der Waals surface area contributed by atoms with Gasteiger partial charge in [-0.3, -0.25) is 0 Å². The molecule has 0 radical (unpaired) electrons. The molecule has 57 heavy (non-hydrogen) atoms. The molecule has 0 saturated heterocycles. The van der Waals surface area contributed by atoms with E-state index in [2.05, 4.69) is 217 Å². The number of benzene rings is 9. The molecule has 0 atom stereocenters. The molecule has 0 aliphatic heterocycles. The van der Waals surface area contributed by atoms with Gasteiger partial charge in [0.25, 0.3) is 0 Å². The Morgan fingerprint density at radius 1 is 0.281 bits per heavy atom. The van der Waals surface area contributed by atoms with E-state index in [9.17, 15) is 0 Å². The van der Waals surface area contributed by atoms with E-state index in [0.29, 0.717) is 0 Å². The van der Waals surface area contributed by atoms with Crippen LogP contribution in [0.5, 0.6) is 0 Å². The predicted octanol–water partition coefficient (Wildman–Crippen LogP) is 16.6. The third kappa shape index (κ3) is 5.91. The maximum absolute atomic E-state index is 2.44. The van der Waals surface area contributed by atoms with E-state index in [4.69, 9.17) is 0 Å². The maximum Gasteiger partial charge on any atom is 0.0640 e. The van der Waals surface area contributed by atoms with Crippen LogP contribution in [0, 0.1) is 0 Å². The Labute approximate surface area is 340 Å². The number of hydrogen-bond donors (Lipinski definition) is 0. The molecule has 0 bridgehead atoms. The summed E-state index contributed by atoms with van der Waals surface area (Å²) in [5.74, 6) is 0. The number of nitrogens with zero attached hydrogens (tertiary/aromatic N) is 1. The van der Waals surface area contributed by atoms with Crippen molar-refractivity contribution < 1.29 is 0 Å². The summed E-state index contributed by atoms with van der Waals surface area (Å²) in [4.78, 5) is 2.44. The zero-order valence-electron chi connectivity index (χ0n) is 31.0. The lowest BCUT2D eigenvalue weighted by molar-refractivity contribution is 1.30. The van der Waals surface area contributed by atoms with Crippen molar-refractivity contribution in [2.45, 2.75) is 0 Å². The first-order valence-electron chi connectivity index (χ1n) is 19.3. The monoisotopic (exact) mass is 761 g/mol. The molecular formula is C54H35NS2. The Balaban J connectivity index is 1.06. The van der Waals surface area contributed by atoms with E-state index in [1.54, 1.807) is 0 Å². The van der Waals surface area contributed by atoms with E-state index in [1.807, 2.05) is 22.7 Å². The first kappa shape index (κ1) is 33.5. The van der Waals surface area contributed by atoms with Crippen molar-refractivity contribution in [3.8, 4) is 44.5 Å². The molecular weight excluding hydrogens is 727 g/mol. The minimum Gasteiger partial charge on any atom is -0.309 e. The van der Waals surface area contributed by atoms with Gasteiger partial charge in [-0.2, -0.15) is 0 Å². The molecule has 9 aromatic carbocycles. The molecule has 0 spiro atoms. The van der Waals surface area contributed by atoms with E-state index >= 15 is 0 Å². The summed E-state index contributed by atoms with van der Waals surface area (Å²) in [6.07, 6.45) is 0. The SMILES string of the molecule is c1ccc(-c2ccc(-c3ccc(N(c4ccc(-c5cccc6sc7ccccc7c56)cc4)c4ccc(-c5ccccc5)c5c4sc4ccccc45)cc3)cc2)cc1. The topological polar surface area (TPSA) is 3.24 Å². The summed E-state index contributed by atoms with van der Waals surface area (Å²) in [5, 5.41) is 5.24. The molecule has 11 aromatic rings. The fourth-order valence-electron chi connectivity index (χ4n) is 8.37. The molecule has 0 N–H and O–H groups in total. The number of anilines is 3. The highest BCUT2D eigenvalue weighted by Crippen LogP contribution is 2.49. The van der Waals surface area contributed by atoms with Crippen molar-refractivity contribution in [3.05, 3.63) is 212 Å². The van der Waals surface area contributed by atoms with Crippen molar-refractivity contribution in [1.82, 2.24) is 0 Å². The molecule has 2 aromatic heterocycles. The van der Waals surface area contributed by atoms with Gasteiger partial charge in [-0.05, 0) is 93.0 Å².